The fourth-order valence-electron chi connectivity index (χ4n) is 3.78. The number of methoxy groups -OCH3 is 2. The van der Waals surface area contributed by atoms with Crippen molar-refractivity contribution in [1.29, 1.82) is 0 Å². The molecule has 1 atom stereocenters. The molecule has 0 saturated heterocycles. The van der Waals surface area contributed by atoms with Crippen molar-refractivity contribution in [2.24, 2.45) is 0 Å². The van der Waals surface area contributed by atoms with Crippen molar-refractivity contribution in [2.45, 2.75) is 6.17 Å². The first kappa shape index (κ1) is 18.1. The Hall–Kier alpha value is -4.00. The summed E-state index contributed by atoms with van der Waals surface area (Å²) < 4.78 is 12.8. The van der Waals surface area contributed by atoms with E-state index in [-0.39, 0.29) is 5.91 Å². The summed E-state index contributed by atoms with van der Waals surface area (Å²) in [7, 11) is 3.17. The molecule has 2 aromatic carbocycles. The van der Waals surface area contributed by atoms with Gasteiger partial charge >= 0.3 is 0 Å². The second-order valence-electron chi connectivity index (χ2n) is 6.94. The summed E-state index contributed by atoms with van der Waals surface area (Å²) in [5, 5.41) is 3.48. The number of benzene rings is 2. The van der Waals surface area contributed by atoms with Gasteiger partial charge < -0.3 is 19.2 Å². The summed E-state index contributed by atoms with van der Waals surface area (Å²) in [4.78, 5) is 20.0. The highest BCUT2D eigenvalue weighted by atomic mass is 16.5. The first-order valence-corrected chi connectivity index (χ1v) is 9.54. The maximum Gasteiger partial charge on any atom is 0.262 e. The van der Waals surface area contributed by atoms with Crippen LogP contribution in [0.25, 0.3) is 5.65 Å². The van der Waals surface area contributed by atoms with Crippen LogP contribution < -0.4 is 19.7 Å². The number of pyridine rings is 1. The lowest BCUT2D eigenvalue weighted by Crippen LogP contribution is -2.43. The molecule has 30 heavy (non-hydrogen) atoms. The number of aromatic nitrogens is 2. The fraction of sp³-hybridized carbons (Fsp3) is 0.130. The number of hydrogen-bond donors (Lipinski definition) is 1. The van der Waals surface area contributed by atoms with E-state index < -0.39 is 6.17 Å². The minimum absolute atomic E-state index is 0.130. The number of para-hydroxylation sites is 1. The quantitative estimate of drug-likeness (QED) is 0.558. The lowest BCUT2D eigenvalue weighted by molar-refractivity contribution is 0.0973. The molecule has 1 aliphatic rings. The number of rotatable bonds is 4. The zero-order valence-corrected chi connectivity index (χ0v) is 16.6. The summed E-state index contributed by atoms with van der Waals surface area (Å²) in [6.45, 7) is 0. The van der Waals surface area contributed by atoms with Crippen LogP contribution in [0.1, 0.15) is 22.2 Å². The summed E-state index contributed by atoms with van der Waals surface area (Å²) >= 11 is 0. The Morgan fingerprint density at radius 3 is 2.63 bits per heavy atom. The molecular formula is C23H20N4O3. The van der Waals surface area contributed by atoms with Crippen LogP contribution in [0.5, 0.6) is 11.5 Å². The van der Waals surface area contributed by atoms with Gasteiger partial charge in [0.15, 0.2) is 6.17 Å². The highest BCUT2D eigenvalue weighted by Crippen LogP contribution is 2.41. The first-order chi connectivity index (χ1) is 14.7. The zero-order valence-electron chi connectivity index (χ0n) is 16.6. The van der Waals surface area contributed by atoms with E-state index in [0.717, 1.165) is 17.0 Å². The smallest absolute Gasteiger partial charge is 0.262 e. The number of imidazole rings is 1. The largest absolute Gasteiger partial charge is 0.497 e. The Morgan fingerprint density at radius 2 is 1.83 bits per heavy atom. The number of hydrogen-bond acceptors (Lipinski definition) is 5. The van der Waals surface area contributed by atoms with Gasteiger partial charge in [0.05, 0.1) is 25.5 Å². The Morgan fingerprint density at radius 1 is 1.00 bits per heavy atom. The van der Waals surface area contributed by atoms with Crippen molar-refractivity contribution in [3.63, 3.8) is 0 Å². The summed E-state index contributed by atoms with van der Waals surface area (Å²) in [6, 6.07) is 18.7. The van der Waals surface area contributed by atoms with Gasteiger partial charge in [-0.15, -0.1) is 0 Å². The molecule has 1 N–H and O–H groups in total. The van der Waals surface area contributed by atoms with Gasteiger partial charge in [-0.05, 0) is 36.4 Å². The molecule has 0 bridgehead atoms. The predicted molar refractivity (Wildman–Crippen MR) is 114 cm³/mol. The maximum absolute atomic E-state index is 13.6. The van der Waals surface area contributed by atoms with Gasteiger partial charge in [0, 0.05) is 24.1 Å². The van der Waals surface area contributed by atoms with Crippen molar-refractivity contribution in [3.8, 4) is 11.5 Å². The standard InChI is InChI=1S/C23H20N4O3/c1-29-15-10-11-19(20(13-15)30-2)27-22(18-14-26-12-6-5-9-21(26)24-18)25-17-8-4-3-7-16(17)23(27)28/h3-14,22,25H,1-2H3. The highest BCUT2D eigenvalue weighted by Gasteiger charge is 2.37. The third kappa shape index (κ3) is 2.83. The predicted octanol–water partition coefficient (Wildman–Crippen LogP) is 4.12. The molecule has 4 aromatic rings. The van der Waals surface area contributed by atoms with Crippen LogP contribution in [0.2, 0.25) is 0 Å². The van der Waals surface area contributed by atoms with E-state index in [1.54, 1.807) is 25.2 Å². The molecule has 150 valence electrons. The Kier molecular flexibility index (Phi) is 4.28. The van der Waals surface area contributed by atoms with Crippen molar-refractivity contribution >= 4 is 22.9 Å². The van der Waals surface area contributed by atoms with E-state index >= 15 is 0 Å². The first-order valence-electron chi connectivity index (χ1n) is 9.54. The average Bonchev–Trinajstić information content (AvgIpc) is 3.23. The summed E-state index contributed by atoms with van der Waals surface area (Å²) in [5.41, 5.74) is 3.53. The van der Waals surface area contributed by atoms with Crippen molar-refractivity contribution in [2.75, 3.05) is 24.4 Å². The molecule has 0 aliphatic carbocycles. The lowest BCUT2D eigenvalue weighted by Gasteiger charge is -2.37. The summed E-state index contributed by atoms with van der Waals surface area (Å²) in [6.07, 6.45) is 3.36. The van der Waals surface area contributed by atoms with Crippen LogP contribution in [0.3, 0.4) is 0 Å². The van der Waals surface area contributed by atoms with Crippen LogP contribution in [0, 0.1) is 0 Å². The van der Waals surface area contributed by atoms with E-state index in [9.17, 15) is 4.79 Å². The molecule has 0 fully saturated rings. The number of ether oxygens (including phenoxy) is 2. The third-order valence-corrected chi connectivity index (χ3v) is 5.24. The van der Waals surface area contributed by atoms with Gasteiger partial charge in [-0.2, -0.15) is 0 Å². The van der Waals surface area contributed by atoms with Crippen molar-refractivity contribution in [1.82, 2.24) is 9.38 Å². The Bertz CT molecular complexity index is 1220. The molecule has 1 unspecified atom stereocenters. The van der Waals surface area contributed by atoms with Gasteiger partial charge in [-0.25, -0.2) is 4.98 Å². The normalized spacial score (nSPS) is 15.6. The van der Waals surface area contributed by atoms with E-state index in [0.29, 0.717) is 22.7 Å². The lowest BCUT2D eigenvalue weighted by atomic mass is 10.0. The topological polar surface area (TPSA) is 68.1 Å². The van der Waals surface area contributed by atoms with Gasteiger partial charge in [-0.3, -0.25) is 9.69 Å². The van der Waals surface area contributed by atoms with E-state index in [4.69, 9.17) is 14.5 Å². The van der Waals surface area contributed by atoms with Crippen molar-refractivity contribution in [3.05, 3.63) is 84.3 Å². The van der Waals surface area contributed by atoms with Gasteiger partial charge in [0.1, 0.15) is 22.8 Å². The van der Waals surface area contributed by atoms with Crippen LogP contribution in [0.15, 0.2) is 73.1 Å². The number of carbonyl (C=O) groups excluding carboxylic acids is 1. The van der Waals surface area contributed by atoms with Gasteiger partial charge in [0.25, 0.3) is 5.91 Å². The van der Waals surface area contributed by atoms with E-state index in [1.807, 2.05) is 71.4 Å². The summed E-state index contributed by atoms with van der Waals surface area (Å²) in [5.74, 6) is 1.06. The molecule has 7 nitrogen and oxygen atoms in total. The van der Waals surface area contributed by atoms with E-state index in [1.165, 1.54) is 0 Å². The molecular weight excluding hydrogens is 380 g/mol. The van der Waals surface area contributed by atoms with Gasteiger partial charge in [0.2, 0.25) is 0 Å². The SMILES string of the molecule is COc1ccc(N2C(=O)c3ccccc3NC2c2cn3ccccc3n2)c(OC)c1. The number of carbonyl (C=O) groups is 1. The van der Waals surface area contributed by atoms with Gasteiger partial charge in [-0.1, -0.05) is 18.2 Å². The molecule has 5 rings (SSSR count). The van der Waals surface area contributed by atoms with Crippen LogP contribution >= 0.6 is 0 Å². The van der Waals surface area contributed by atoms with Crippen LogP contribution in [-0.2, 0) is 0 Å². The fourth-order valence-corrected chi connectivity index (χ4v) is 3.78. The number of amides is 1. The average molecular weight is 400 g/mol. The Labute approximate surface area is 173 Å². The number of anilines is 2. The maximum atomic E-state index is 13.6. The van der Waals surface area contributed by atoms with Crippen LogP contribution in [0.4, 0.5) is 11.4 Å². The minimum atomic E-state index is -0.505. The van der Waals surface area contributed by atoms with Crippen molar-refractivity contribution < 1.29 is 14.3 Å². The number of fused-ring (bicyclic) bond motifs is 2. The third-order valence-electron chi connectivity index (χ3n) is 5.24. The molecule has 7 heteroatoms. The molecule has 2 aromatic heterocycles. The monoisotopic (exact) mass is 400 g/mol. The Balaban J connectivity index is 1.70. The molecule has 1 aliphatic heterocycles. The second-order valence-corrected chi connectivity index (χ2v) is 6.94. The highest BCUT2D eigenvalue weighted by molar-refractivity contribution is 6.12. The molecule has 0 radical (unpaired) electrons. The second kappa shape index (κ2) is 7.11. The molecule has 1 amide bonds. The van der Waals surface area contributed by atoms with E-state index in [2.05, 4.69) is 5.32 Å². The minimum Gasteiger partial charge on any atom is -0.497 e. The molecule has 0 saturated carbocycles. The number of nitrogens with zero attached hydrogens (tertiary/aromatic N) is 3. The van der Waals surface area contributed by atoms with Crippen LogP contribution in [-0.4, -0.2) is 29.5 Å². The molecule has 3 heterocycles. The number of nitrogens with one attached hydrogen (secondary N) is 1. The molecule has 0 spiro atoms. The zero-order chi connectivity index (χ0) is 20.7.